The van der Waals surface area contributed by atoms with E-state index in [0.29, 0.717) is 27.6 Å². The van der Waals surface area contributed by atoms with Gasteiger partial charge in [-0.1, -0.05) is 22.4 Å². The highest BCUT2D eigenvalue weighted by Crippen LogP contribution is 2.35. The smallest absolute Gasteiger partial charge is 0.337 e. The van der Waals surface area contributed by atoms with Crippen LogP contribution in [0.3, 0.4) is 0 Å². The van der Waals surface area contributed by atoms with Crippen molar-refractivity contribution in [2.45, 2.75) is 25.7 Å². The number of nitrogens with zero attached hydrogens (tertiary/aromatic N) is 1. The van der Waals surface area contributed by atoms with Gasteiger partial charge in [-0.25, -0.2) is 4.79 Å². The van der Waals surface area contributed by atoms with Gasteiger partial charge in [-0.05, 0) is 40.9 Å². The Morgan fingerprint density at radius 2 is 1.95 bits per heavy atom. The van der Waals surface area contributed by atoms with Crippen LogP contribution in [0, 0.1) is 0 Å². The molecular formula is C13H13Br2NO3. The maximum Gasteiger partial charge on any atom is 0.337 e. The molecule has 1 aromatic rings. The van der Waals surface area contributed by atoms with Gasteiger partial charge in [0.15, 0.2) is 0 Å². The van der Waals surface area contributed by atoms with Gasteiger partial charge in [0.1, 0.15) is 0 Å². The third-order valence-electron chi connectivity index (χ3n) is 3.10. The molecule has 0 bridgehead atoms. The number of carboxylic acids is 1. The Morgan fingerprint density at radius 3 is 2.63 bits per heavy atom. The number of rotatable bonds is 2. The highest BCUT2D eigenvalue weighted by Gasteiger charge is 2.25. The fourth-order valence-electron chi connectivity index (χ4n) is 2.22. The molecule has 0 aromatic heterocycles. The van der Waals surface area contributed by atoms with Crippen LogP contribution in [0.2, 0.25) is 0 Å². The van der Waals surface area contributed by atoms with E-state index in [1.54, 1.807) is 11.0 Å². The first kappa shape index (κ1) is 14.5. The largest absolute Gasteiger partial charge is 0.478 e. The number of hydrogen-bond donors (Lipinski definition) is 1. The molecule has 19 heavy (non-hydrogen) atoms. The van der Waals surface area contributed by atoms with Crippen LogP contribution in [0.5, 0.6) is 0 Å². The fourth-order valence-corrected chi connectivity index (χ4v) is 3.66. The summed E-state index contributed by atoms with van der Waals surface area (Å²) in [5.41, 5.74) is 0.596. The SMILES string of the molecule is O=C(O)c1cc(Br)cc(Br)c1N1CCCCCC1=O. The van der Waals surface area contributed by atoms with Crippen LogP contribution in [0.1, 0.15) is 36.0 Å². The minimum Gasteiger partial charge on any atom is -0.478 e. The molecule has 1 saturated heterocycles. The lowest BCUT2D eigenvalue weighted by atomic mass is 10.1. The van der Waals surface area contributed by atoms with Gasteiger partial charge in [-0.2, -0.15) is 0 Å². The van der Waals surface area contributed by atoms with Crippen molar-refractivity contribution < 1.29 is 14.7 Å². The molecule has 0 aliphatic carbocycles. The summed E-state index contributed by atoms with van der Waals surface area (Å²) >= 11 is 6.64. The molecule has 1 N–H and O–H groups in total. The molecular weight excluding hydrogens is 378 g/mol. The van der Waals surface area contributed by atoms with Crippen molar-refractivity contribution in [3.8, 4) is 0 Å². The number of carboxylic acid groups (broad SMARTS) is 1. The zero-order valence-electron chi connectivity index (χ0n) is 10.2. The van der Waals surface area contributed by atoms with Gasteiger partial charge in [0.25, 0.3) is 0 Å². The van der Waals surface area contributed by atoms with Gasteiger partial charge in [-0.15, -0.1) is 0 Å². The molecule has 1 aliphatic rings. The molecule has 1 aliphatic heterocycles. The highest BCUT2D eigenvalue weighted by atomic mass is 79.9. The minimum atomic E-state index is -1.03. The first-order valence-corrected chi connectivity index (χ1v) is 7.62. The molecule has 6 heteroatoms. The van der Waals surface area contributed by atoms with E-state index >= 15 is 0 Å². The lowest BCUT2D eigenvalue weighted by Crippen LogP contribution is -2.31. The number of carbonyl (C=O) groups excluding carboxylic acids is 1. The standard InChI is InChI=1S/C13H13Br2NO3/c14-8-6-9(13(18)19)12(10(15)7-8)16-5-3-1-2-4-11(16)17/h6-7H,1-5H2,(H,18,19). The average Bonchev–Trinajstić information content (AvgIpc) is 2.53. The number of carbonyl (C=O) groups is 2. The van der Waals surface area contributed by atoms with Crippen molar-refractivity contribution in [2.24, 2.45) is 0 Å². The number of aromatic carboxylic acids is 1. The van der Waals surface area contributed by atoms with Gasteiger partial charge in [0.2, 0.25) is 5.91 Å². The van der Waals surface area contributed by atoms with Crippen LogP contribution in [-0.2, 0) is 4.79 Å². The van der Waals surface area contributed by atoms with Crippen molar-refractivity contribution in [3.63, 3.8) is 0 Å². The van der Waals surface area contributed by atoms with Crippen LogP contribution in [0.15, 0.2) is 21.1 Å². The first-order chi connectivity index (χ1) is 9.00. The third kappa shape index (κ3) is 3.17. The Hall–Kier alpha value is -0.880. The summed E-state index contributed by atoms with van der Waals surface area (Å²) in [7, 11) is 0. The van der Waals surface area contributed by atoms with E-state index in [1.165, 1.54) is 6.07 Å². The number of halogens is 2. The van der Waals surface area contributed by atoms with E-state index in [0.717, 1.165) is 19.3 Å². The topological polar surface area (TPSA) is 57.6 Å². The van der Waals surface area contributed by atoms with E-state index in [9.17, 15) is 14.7 Å². The number of anilines is 1. The molecule has 1 fully saturated rings. The lowest BCUT2D eigenvalue weighted by Gasteiger charge is -2.24. The van der Waals surface area contributed by atoms with Crippen LogP contribution in [0.25, 0.3) is 0 Å². The molecule has 0 atom stereocenters. The lowest BCUT2D eigenvalue weighted by molar-refractivity contribution is -0.118. The van der Waals surface area contributed by atoms with Crippen molar-refractivity contribution in [2.75, 3.05) is 11.4 Å². The summed E-state index contributed by atoms with van der Waals surface area (Å²) in [4.78, 5) is 25.1. The second kappa shape index (κ2) is 6.05. The Kier molecular flexibility index (Phi) is 4.62. The van der Waals surface area contributed by atoms with Gasteiger partial charge in [0, 0.05) is 21.9 Å². The minimum absolute atomic E-state index is 0.0111. The summed E-state index contributed by atoms with van der Waals surface area (Å²) in [5, 5.41) is 9.32. The molecule has 4 nitrogen and oxygen atoms in total. The monoisotopic (exact) mass is 389 g/mol. The predicted octanol–water partition coefficient (Wildman–Crippen LogP) is 3.82. The van der Waals surface area contributed by atoms with E-state index in [2.05, 4.69) is 31.9 Å². The van der Waals surface area contributed by atoms with E-state index < -0.39 is 5.97 Å². The van der Waals surface area contributed by atoms with Gasteiger partial charge in [0.05, 0.1) is 11.3 Å². The summed E-state index contributed by atoms with van der Waals surface area (Å²) in [5.74, 6) is -1.04. The average molecular weight is 391 g/mol. The summed E-state index contributed by atoms with van der Waals surface area (Å²) < 4.78 is 1.29. The Bertz CT molecular complexity index is 531. The number of hydrogen-bond acceptors (Lipinski definition) is 2. The summed E-state index contributed by atoms with van der Waals surface area (Å²) in [6, 6.07) is 3.29. The van der Waals surface area contributed by atoms with Crippen LogP contribution in [0.4, 0.5) is 5.69 Å². The van der Waals surface area contributed by atoms with Crippen molar-refractivity contribution in [3.05, 3.63) is 26.6 Å². The second-order valence-corrected chi connectivity index (χ2v) is 6.21. The quantitative estimate of drug-likeness (QED) is 0.835. The fraction of sp³-hybridized carbons (Fsp3) is 0.385. The molecule has 0 unspecified atom stereocenters. The summed E-state index contributed by atoms with van der Waals surface area (Å²) in [6.07, 6.45) is 3.24. The molecule has 0 radical (unpaired) electrons. The number of amides is 1. The second-order valence-electron chi connectivity index (χ2n) is 4.44. The Balaban J connectivity index is 2.53. The zero-order valence-corrected chi connectivity index (χ0v) is 13.3. The summed E-state index contributed by atoms with van der Waals surface area (Å²) in [6.45, 7) is 0.569. The maximum atomic E-state index is 12.1. The van der Waals surface area contributed by atoms with E-state index in [1.807, 2.05) is 0 Å². The number of benzene rings is 1. The predicted molar refractivity (Wildman–Crippen MR) is 79.6 cm³/mol. The van der Waals surface area contributed by atoms with E-state index in [4.69, 9.17) is 0 Å². The third-order valence-corrected chi connectivity index (χ3v) is 4.16. The van der Waals surface area contributed by atoms with Gasteiger partial charge in [-0.3, -0.25) is 4.79 Å². The molecule has 102 valence electrons. The molecule has 1 heterocycles. The van der Waals surface area contributed by atoms with Crippen molar-refractivity contribution in [1.29, 1.82) is 0 Å². The zero-order chi connectivity index (χ0) is 14.0. The normalized spacial score (nSPS) is 16.3. The highest BCUT2D eigenvalue weighted by molar-refractivity contribution is 9.11. The molecule has 2 rings (SSSR count). The molecule has 1 amide bonds. The first-order valence-electron chi connectivity index (χ1n) is 6.03. The van der Waals surface area contributed by atoms with Gasteiger partial charge >= 0.3 is 5.97 Å². The van der Waals surface area contributed by atoms with Crippen molar-refractivity contribution >= 4 is 49.4 Å². The van der Waals surface area contributed by atoms with E-state index in [-0.39, 0.29) is 11.5 Å². The molecule has 1 aromatic carbocycles. The molecule has 0 spiro atoms. The van der Waals surface area contributed by atoms with Gasteiger partial charge < -0.3 is 10.0 Å². The van der Waals surface area contributed by atoms with Crippen LogP contribution >= 0.6 is 31.9 Å². The van der Waals surface area contributed by atoms with Crippen LogP contribution in [-0.4, -0.2) is 23.5 Å². The Labute approximate surface area is 128 Å². The molecule has 0 saturated carbocycles. The van der Waals surface area contributed by atoms with Crippen molar-refractivity contribution in [1.82, 2.24) is 0 Å². The Morgan fingerprint density at radius 1 is 1.21 bits per heavy atom. The maximum absolute atomic E-state index is 12.1. The van der Waals surface area contributed by atoms with Crippen LogP contribution < -0.4 is 4.90 Å².